The Kier molecular flexibility index (Phi) is 4.92. The number of amides is 2. The van der Waals surface area contributed by atoms with Gasteiger partial charge in [-0.1, -0.05) is 6.07 Å². The molecule has 0 bridgehead atoms. The van der Waals surface area contributed by atoms with E-state index < -0.39 is 0 Å². The lowest BCUT2D eigenvalue weighted by Gasteiger charge is -2.16. The van der Waals surface area contributed by atoms with Crippen molar-refractivity contribution in [3.05, 3.63) is 54.0 Å². The minimum Gasteiger partial charge on any atom is -0.362 e. The Bertz CT molecular complexity index is 961. The molecule has 8 heteroatoms. The Morgan fingerprint density at radius 3 is 2.71 bits per heavy atom. The van der Waals surface area contributed by atoms with E-state index >= 15 is 0 Å². The predicted octanol–water partition coefficient (Wildman–Crippen LogP) is 3.13. The fraction of sp³-hybridized carbons (Fsp3) is 0.300. The van der Waals surface area contributed by atoms with Gasteiger partial charge in [-0.15, -0.1) is 0 Å². The zero-order valence-electron chi connectivity index (χ0n) is 15.9. The molecule has 4 rings (SSSR count). The quantitative estimate of drug-likeness (QED) is 0.613. The molecule has 3 N–H and O–H groups in total. The molecule has 0 aliphatic heterocycles. The van der Waals surface area contributed by atoms with Gasteiger partial charge in [0.2, 0.25) is 0 Å². The molecule has 1 aliphatic carbocycles. The van der Waals surface area contributed by atoms with Crippen molar-refractivity contribution in [2.75, 3.05) is 24.3 Å². The van der Waals surface area contributed by atoms with E-state index in [1.165, 1.54) is 12.8 Å². The average Bonchev–Trinajstić information content (AvgIpc) is 3.44. The first kappa shape index (κ1) is 18.0. The first-order chi connectivity index (χ1) is 13.6. The molecule has 2 aromatic heterocycles. The van der Waals surface area contributed by atoms with Gasteiger partial charge >= 0.3 is 6.03 Å². The van der Waals surface area contributed by atoms with Crippen LogP contribution >= 0.6 is 0 Å². The number of hydrogen-bond acceptors (Lipinski definition) is 5. The first-order valence-corrected chi connectivity index (χ1v) is 9.29. The smallest absolute Gasteiger partial charge is 0.319 e. The SMILES string of the molecule is CN(C)c1ncccc1CNC(=O)Nc1ccc(-c2n[nH]c(C3CC3)n2)cc1. The lowest BCUT2D eigenvalue weighted by Crippen LogP contribution is -2.29. The van der Waals surface area contributed by atoms with Gasteiger partial charge < -0.3 is 15.5 Å². The van der Waals surface area contributed by atoms with E-state index in [2.05, 4.69) is 30.8 Å². The topological polar surface area (TPSA) is 98.8 Å². The molecule has 144 valence electrons. The Balaban J connectivity index is 1.34. The molecular formula is C20H23N7O. The predicted molar refractivity (Wildman–Crippen MR) is 108 cm³/mol. The fourth-order valence-corrected chi connectivity index (χ4v) is 2.97. The van der Waals surface area contributed by atoms with Crippen LogP contribution in [0.25, 0.3) is 11.4 Å². The van der Waals surface area contributed by atoms with Gasteiger partial charge in [0, 0.05) is 49.6 Å². The van der Waals surface area contributed by atoms with Crippen LogP contribution in [0.3, 0.4) is 0 Å². The standard InChI is InChI=1S/C20H23N7O/c1-27(2)19-15(4-3-11-21-19)12-22-20(28)23-16-9-7-14(8-10-16)18-24-17(25-26-18)13-5-6-13/h3-4,7-11,13H,5-6,12H2,1-2H3,(H2,22,23,28)(H,24,25,26). The highest BCUT2D eigenvalue weighted by atomic mass is 16.2. The molecule has 1 fully saturated rings. The van der Waals surface area contributed by atoms with Crippen LogP contribution < -0.4 is 15.5 Å². The van der Waals surface area contributed by atoms with Gasteiger partial charge in [0.05, 0.1) is 0 Å². The second kappa shape index (κ2) is 7.67. The summed E-state index contributed by atoms with van der Waals surface area (Å²) in [6.07, 6.45) is 4.10. The van der Waals surface area contributed by atoms with Crippen molar-refractivity contribution in [3.63, 3.8) is 0 Å². The van der Waals surface area contributed by atoms with Crippen molar-refractivity contribution >= 4 is 17.5 Å². The van der Waals surface area contributed by atoms with Gasteiger partial charge in [0.25, 0.3) is 0 Å². The largest absolute Gasteiger partial charge is 0.362 e. The summed E-state index contributed by atoms with van der Waals surface area (Å²) in [6.45, 7) is 0.395. The third-order valence-electron chi connectivity index (χ3n) is 4.60. The molecule has 0 radical (unpaired) electrons. The average molecular weight is 377 g/mol. The molecule has 3 aromatic rings. The van der Waals surface area contributed by atoms with Crippen LogP contribution in [0.15, 0.2) is 42.6 Å². The molecule has 1 aliphatic rings. The number of hydrogen-bond donors (Lipinski definition) is 3. The third kappa shape index (κ3) is 4.11. The number of carbonyl (C=O) groups is 1. The number of carbonyl (C=O) groups excluding carboxylic acids is 1. The maximum absolute atomic E-state index is 12.2. The van der Waals surface area contributed by atoms with Crippen LogP contribution in [-0.4, -0.2) is 40.3 Å². The zero-order chi connectivity index (χ0) is 19.5. The lowest BCUT2D eigenvalue weighted by molar-refractivity contribution is 0.251. The summed E-state index contributed by atoms with van der Waals surface area (Å²) in [6, 6.07) is 11.0. The number of nitrogens with one attached hydrogen (secondary N) is 3. The van der Waals surface area contributed by atoms with Crippen LogP contribution in [-0.2, 0) is 6.54 Å². The highest BCUT2D eigenvalue weighted by molar-refractivity contribution is 5.89. The monoisotopic (exact) mass is 377 g/mol. The van der Waals surface area contributed by atoms with Gasteiger partial charge in [-0.25, -0.2) is 14.8 Å². The maximum Gasteiger partial charge on any atom is 0.319 e. The van der Waals surface area contributed by atoms with Gasteiger partial charge in [-0.2, -0.15) is 5.10 Å². The molecule has 28 heavy (non-hydrogen) atoms. The number of H-pyrrole nitrogens is 1. The normalized spacial score (nSPS) is 13.2. The van der Waals surface area contributed by atoms with Crippen LogP contribution in [0.5, 0.6) is 0 Å². The second-order valence-electron chi connectivity index (χ2n) is 7.08. The number of pyridine rings is 1. The van der Waals surface area contributed by atoms with E-state index in [1.54, 1.807) is 6.20 Å². The molecule has 1 saturated carbocycles. The molecule has 1 aromatic carbocycles. The summed E-state index contributed by atoms with van der Waals surface area (Å²) < 4.78 is 0. The highest BCUT2D eigenvalue weighted by Gasteiger charge is 2.27. The van der Waals surface area contributed by atoms with Gasteiger partial charge in [-0.3, -0.25) is 5.10 Å². The van der Waals surface area contributed by atoms with E-state index in [0.717, 1.165) is 22.8 Å². The van der Waals surface area contributed by atoms with Crippen molar-refractivity contribution in [1.82, 2.24) is 25.5 Å². The van der Waals surface area contributed by atoms with Crippen molar-refractivity contribution in [2.45, 2.75) is 25.3 Å². The number of aromatic amines is 1. The molecule has 0 unspecified atom stereocenters. The number of rotatable bonds is 6. The van der Waals surface area contributed by atoms with E-state index in [9.17, 15) is 4.79 Å². The molecular weight excluding hydrogens is 354 g/mol. The Labute approximate surface area is 163 Å². The van der Waals surface area contributed by atoms with E-state index in [4.69, 9.17) is 0 Å². The van der Waals surface area contributed by atoms with Gasteiger partial charge in [0.1, 0.15) is 11.6 Å². The molecule has 0 spiro atoms. The minimum atomic E-state index is -0.268. The first-order valence-electron chi connectivity index (χ1n) is 9.29. The second-order valence-corrected chi connectivity index (χ2v) is 7.08. The highest BCUT2D eigenvalue weighted by Crippen LogP contribution is 2.38. The number of nitrogens with zero attached hydrogens (tertiary/aromatic N) is 4. The summed E-state index contributed by atoms with van der Waals surface area (Å²) in [5, 5.41) is 13.0. The summed E-state index contributed by atoms with van der Waals surface area (Å²) in [5.41, 5.74) is 2.58. The fourth-order valence-electron chi connectivity index (χ4n) is 2.97. The number of anilines is 2. The summed E-state index contributed by atoms with van der Waals surface area (Å²) in [4.78, 5) is 23.0. The summed E-state index contributed by atoms with van der Waals surface area (Å²) >= 11 is 0. The van der Waals surface area contributed by atoms with Gasteiger partial charge in [-0.05, 0) is 43.2 Å². The molecule has 8 nitrogen and oxygen atoms in total. The number of urea groups is 1. The number of benzene rings is 1. The van der Waals surface area contributed by atoms with Crippen molar-refractivity contribution in [2.24, 2.45) is 0 Å². The van der Waals surface area contributed by atoms with Crippen LogP contribution in [0.1, 0.15) is 30.1 Å². The minimum absolute atomic E-state index is 0.268. The van der Waals surface area contributed by atoms with E-state index in [1.807, 2.05) is 55.4 Å². The van der Waals surface area contributed by atoms with Crippen LogP contribution in [0.4, 0.5) is 16.3 Å². The summed E-state index contributed by atoms with van der Waals surface area (Å²) in [5.74, 6) is 3.03. The Hall–Kier alpha value is -3.42. The molecule has 0 saturated heterocycles. The van der Waals surface area contributed by atoms with E-state index in [0.29, 0.717) is 24.0 Å². The summed E-state index contributed by atoms with van der Waals surface area (Å²) in [7, 11) is 3.85. The Morgan fingerprint density at radius 1 is 1.21 bits per heavy atom. The molecule has 0 atom stereocenters. The van der Waals surface area contributed by atoms with Crippen LogP contribution in [0.2, 0.25) is 0 Å². The number of aromatic nitrogens is 4. The molecule has 2 amide bonds. The molecule has 2 heterocycles. The lowest BCUT2D eigenvalue weighted by atomic mass is 10.2. The van der Waals surface area contributed by atoms with Crippen molar-refractivity contribution < 1.29 is 4.79 Å². The zero-order valence-corrected chi connectivity index (χ0v) is 15.9. The van der Waals surface area contributed by atoms with Crippen molar-refractivity contribution in [3.8, 4) is 11.4 Å². The maximum atomic E-state index is 12.2. The third-order valence-corrected chi connectivity index (χ3v) is 4.60. The van der Waals surface area contributed by atoms with Crippen molar-refractivity contribution in [1.29, 1.82) is 0 Å². The van der Waals surface area contributed by atoms with Crippen LogP contribution in [0, 0.1) is 0 Å². The van der Waals surface area contributed by atoms with Gasteiger partial charge in [0.15, 0.2) is 5.82 Å². The Morgan fingerprint density at radius 2 is 2.00 bits per heavy atom. The van der Waals surface area contributed by atoms with E-state index in [-0.39, 0.29) is 6.03 Å².